The van der Waals surface area contributed by atoms with E-state index in [2.05, 4.69) is 10.6 Å². The molecule has 98 valence electrons. The molecule has 4 nitrogen and oxygen atoms in total. The largest absolute Gasteiger partial charge is 0.378 e. The predicted molar refractivity (Wildman–Crippen MR) is 71.4 cm³/mol. The molecule has 2 N–H and O–H groups in total. The lowest BCUT2D eigenvalue weighted by molar-refractivity contribution is -0.119. The summed E-state index contributed by atoms with van der Waals surface area (Å²) in [5.41, 5.74) is 1.98. The van der Waals surface area contributed by atoms with Crippen LogP contribution in [-0.4, -0.2) is 25.7 Å². The molecule has 2 rings (SSSR count). The van der Waals surface area contributed by atoms with Crippen LogP contribution in [0.25, 0.3) is 0 Å². The van der Waals surface area contributed by atoms with Gasteiger partial charge in [0.25, 0.3) is 0 Å². The molecular formula is C14H20N2O2. The standard InChI is InChI=1S/C14H20N2O2/c1-10-7-12(9-18-10)14(17)16-13-6-4-3-5-11(13)8-15-2/h3-6,10,12,15H,7-9H2,1-2H3,(H,16,17). The third kappa shape index (κ3) is 3.09. The maximum atomic E-state index is 12.1. The van der Waals surface area contributed by atoms with Gasteiger partial charge in [0.15, 0.2) is 0 Å². The van der Waals surface area contributed by atoms with E-state index in [0.29, 0.717) is 6.61 Å². The number of carbonyl (C=O) groups excluding carboxylic acids is 1. The highest BCUT2D eigenvalue weighted by atomic mass is 16.5. The highest BCUT2D eigenvalue weighted by Gasteiger charge is 2.28. The summed E-state index contributed by atoms with van der Waals surface area (Å²) in [7, 11) is 1.89. The molecule has 1 aliphatic rings. The zero-order valence-corrected chi connectivity index (χ0v) is 10.9. The van der Waals surface area contributed by atoms with E-state index >= 15 is 0 Å². The number of rotatable bonds is 4. The maximum Gasteiger partial charge on any atom is 0.229 e. The molecule has 1 amide bonds. The van der Waals surface area contributed by atoms with E-state index in [1.165, 1.54) is 0 Å². The van der Waals surface area contributed by atoms with Crippen molar-refractivity contribution in [3.05, 3.63) is 29.8 Å². The molecule has 1 fully saturated rings. The Morgan fingerprint density at radius 3 is 2.89 bits per heavy atom. The van der Waals surface area contributed by atoms with Crippen LogP contribution in [0.5, 0.6) is 0 Å². The minimum absolute atomic E-state index is 0.0253. The molecule has 2 atom stereocenters. The van der Waals surface area contributed by atoms with E-state index in [0.717, 1.165) is 24.2 Å². The van der Waals surface area contributed by atoms with Gasteiger partial charge < -0.3 is 15.4 Å². The molecule has 1 aromatic carbocycles. The molecule has 0 aromatic heterocycles. The van der Waals surface area contributed by atoms with Gasteiger partial charge in [-0.25, -0.2) is 0 Å². The Hall–Kier alpha value is -1.39. The zero-order valence-electron chi connectivity index (χ0n) is 10.9. The van der Waals surface area contributed by atoms with Crippen molar-refractivity contribution in [3.8, 4) is 0 Å². The molecular weight excluding hydrogens is 228 g/mol. The quantitative estimate of drug-likeness (QED) is 0.853. The number of carbonyl (C=O) groups is 1. The number of anilines is 1. The average Bonchev–Trinajstić information content (AvgIpc) is 2.79. The van der Waals surface area contributed by atoms with Crippen LogP contribution >= 0.6 is 0 Å². The summed E-state index contributed by atoms with van der Waals surface area (Å²) in [4.78, 5) is 12.1. The summed E-state index contributed by atoms with van der Waals surface area (Å²) in [6, 6.07) is 7.86. The summed E-state index contributed by atoms with van der Waals surface area (Å²) >= 11 is 0. The Bertz CT molecular complexity index is 420. The van der Waals surface area contributed by atoms with Crippen molar-refractivity contribution in [2.75, 3.05) is 19.0 Å². The molecule has 0 bridgehead atoms. The minimum Gasteiger partial charge on any atom is -0.378 e. The van der Waals surface area contributed by atoms with Crippen LogP contribution in [0.1, 0.15) is 18.9 Å². The SMILES string of the molecule is CNCc1ccccc1NC(=O)C1COC(C)C1. The second kappa shape index (κ2) is 5.98. The Morgan fingerprint density at radius 1 is 1.44 bits per heavy atom. The van der Waals surface area contributed by atoms with Crippen LogP contribution in [0, 0.1) is 5.92 Å². The number of nitrogens with one attached hydrogen (secondary N) is 2. The molecule has 0 aliphatic carbocycles. The Labute approximate surface area is 108 Å². The first-order valence-corrected chi connectivity index (χ1v) is 6.35. The summed E-state index contributed by atoms with van der Waals surface area (Å²) in [5.74, 6) is 0.0329. The third-order valence-electron chi connectivity index (χ3n) is 3.21. The monoisotopic (exact) mass is 248 g/mol. The topological polar surface area (TPSA) is 50.4 Å². The van der Waals surface area contributed by atoms with Gasteiger partial charge in [-0.15, -0.1) is 0 Å². The lowest BCUT2D eigenvalue weighted by Gasteiger charge is -2.13. The van der Waals surface area contributed by atoms with Crippen LogP contribution in [0.4, 0.5) is 5.69 Å². The van der Waals surface area contributed by atoms with Crippen LogP contribution in [0.3, 0.4) is 0 Å². The maximum absolute atomic E-state index is 12.1. The van der Waals surface area contributed by atoms with Gasteiger partial charge in [0.05, 0.1) is 18.6 Å². The fraction of sp³-hybridized carbons (Fsp3) is 0.500. The summed E-state index contributed by atoms with van der Waals surface area (Å²) in [6.45, 7) is 3.28. The van der Waals surface area contributed by atoms with Gasteiger partial charge >= 0.3 is 0 Å². The first-order chi connectivity index (χ1) is 8.70. The number of benzene rings is 1. The van der Waals surface area contributed by atoms with E-state index in [1.54, 1.807) is 0 Å². The Morgan fingerprint density at radius 2 is 2.22 bits per heavy atom. The van der Waals surface area contributed by atoms with E-state index in [4.69, 9.17) is 4.74 Å². The number of amides is 1. The van der Waals surface area contributed by atoms with Crippen LogP contribution in [-0.2, 0) is 16.1 Å². The second-order valence-corrected chi connectivity index (χ2v) is 4.75. The lowest BCUT2D eigenvalue weighted by atomic mass is 10.0. The Balaban J connectivity index is 2.02. The molecule has 0 spiro atoms. The van der Waals surface area contributed by atoms with Crippen LogP contribution in [0.15, 0.2) is 24.3 Å². The molecule has 0 saturated carbocycles. The highest BCUT2D eigenvalue weighted by Crippen LogP contribution is 2.22. The molecule has 0 radical (unpaired) electrons. The van der Waals surface area contributed by atoms with E-state index in [9.17, 15) is 4.79 Å². The smallest absolute Gasteiger partial charge is 0.229 e. The van der Waals surface area contributed by atoms with Gasteiger partial charge in [-0.3, -0.25) is 4.79 Å². The predicted octanol–water partition coefficient (Wildman–Crippen LogP) is 1.77. The van der Waals surface area contributed by atoms with Gasteiger partial charge in [-0.1, -0.05) is 18.2 Å². The van der Waals surface area contributed by atoms with Gasteiger partial charge in [0.1, 0.15) is 0 Å². The van der Waals surface area contributed by atoms with Crippen LogP contribution in [0.2, 0.25) is 0 Å². The summed E-state index contributed by atoms with van der Waals surface area (Å²) < 4.78 is 5.43. The molecule has 1 heterocycles. The molecule has 2 unspecified atom stereocenters. The fourth-order valence-corrected chi connectivity index (χ4v) is 2.22. The van der Waals surface area contributed by atoms with Crippen molar-refractivity contribution in [1.29, 1.82) is 0 Å². The normalized spacial score (nSPS) is 23.0. The Kier molecular flexibility index (Phi) is 4.33. The van der Waals surface area contributed by atoms with Gasteiger partial charge in [0, 0.05) is 12.2 Å². The van der Waals surface area contributed by atoms with Crippen LogP contribution < -0.4 is 10.6 Å². The highest BCUT2D eigenvalue weighted by molar-refractivity contribution is 5.93. The van der Waals surface area contributed by atoms with Crippen molar-refractivity contribution < 1.29 is 9.53 Å². The molecule has 1 aromatic rings. The van der Waals surface area contributed by atoms with Crippen molar-refractivity contribution in [1.82, 2.24) is 5.32 Å². The molecule has 1 saturated heterocycles. The van der Waals surface area contributed by atoms with Crippen molar-refractivity contribution in [2.24, 2.45) is 5.92 Å². The number of hydrogen-bond donors (Lipinski definition) is 2. The number of ether oxygens (including phenoxy) is 1. The summed E-state index contributed by atoms with van der Waals surface area (Å²) in [6.07, 6.45) is 0.994. The molecule has 1 aliphatic heterocycles. The van der Waals surface area contributed by atoms with Gasteiger partial charge in [-0.05, 0) is 32.0 Å². The average molecular weight is 248 g/mol. The third-order valence-corrected chi connectivity index (χ3v) is 3.21. The zero-order chi connectivity index (χ0) is 13.0. The number of hydrogen-bond acceptors (Lipinski definition) is 3. The van der Waals surface area contributed by atoms with E-state index in [1.807, 2.05) is 38.2 Å². The first-order valence-electron chi connectivity index (χ1n) is 6.35. The lowest BCUT2D eigenvalue weighted by Crippen LogP contribution is -2.24. The first kappa shape index (κ1) is 13.1. The van der Waals surface area contributed by atoms with Gasteiger partial charge in [-0.2, -0.15) is 0 Å². The van der Waals surface area contributed by atoms with E-state index in [-0.39, 0.29) is 17.9 Å². The molecule has 4 heteroatoms. The fourth-order valence-electron chi connectivity index (χ4n) is 2.22. The minimum atomic E-state index is -0.0253. The molecule has 18 heavy (non-hydrogen) atoms. The van der Waals surface area contributed by atoms with Gasteiger partial charge in [0.2, 0.25) is 5.91 Å². The van der Waals surface area contributed by atoms with Crippen molar-refractivity contribution >= 4 is 11.6 Å². The van der Waals surface area contributed by atoms with Crippen molar-refractivity contribution in [2.45, 2.75) is 26.0 Å². The van der Waals surface area contributed by atoms with Crippen molar-refractivity contribution in [3.63, 3.8) is 0 Å². The van der Waals surface area contributed by atoms with E-state index < -0.39 is 0 Å². The number of para-hydroxylation sites is 1. The second-order valence-electron chi connectivity index (χ2n) is 4.75. The summed E-state index contributed by atoms with van der Waals surface area (Å²) in [5, 5.41) is 6.10.